The van der Waals surface area contributed by atoms with Gasteiger partial charge in [0.15, 0.2) is 0 Å². The second-order valence-electron chi connectivity index (χ2n) is 4.92. The van der Waals surface area contributed by atoms with Crippen molar-refractivity contribution >= 4 is 39.1 Å². The molecule has 1 aromatic heterocycles. The van der Waals surface area contributed by atoms with Gasteiger partial charge in [0.1, 0.15) is 5.54 Å². The Hall–Kier alpha value is -0.880. The monoisotopic (exact) mass is 344 g/mol. The predicted octanol–water partition coefficient (Wildman–Crippen LogP) is 2.18. The first-order valence-electron chi connectivity index (χ1n) is 6.29. The lowest BCUT2D eigenvalue weighted by molar-refractivity contribution is -0.149. The highest BCUT2D eigenvalue weighted by Crippen LogP contribution is 2.23. The van der Waals surface area contributed by atoms with E-state index in [4.69, 9.17) is 0 Å². The summed E-state index contributed by atoms with van der Waals surface area (Å²) in [6.45, 7) is 4.47. The molecule has 1 aliphatic heterocycles. The number of hydrogen-bond acceptors (Lipinski definition) is 3. The van der Waals surface area contributed by atoms with Gasteiger partial charge in [-0.25, -0.2) is 0 Å². The number of nitrogens with one attached hydrogen (secondary N) is 1. The molecule has 0 bridgehead atoms. The lowest BCUT2D eigenvalue weighted by atomic mass is 9.94. The van der Waals surface area contributed by atoms with Crippen molar-refractivity contribution in [2.45, 2.75) is 32.2 Å². The Morgan fingerprint density at radius 1 is 1.47 bits per heavy atom. The summed E-state index contributed by atoms with van der Waals surface area (Å²) in [5, 5.41) is 2.79. The number of thiophene rings is 1. The molecule has 1 unspecified atom stereocenters. The van der Waals surface area contributed by atoms with E-state index in [-0.39, 0.29) is 18.4 Å². The molecular formula is C13H17BrN2O2S. The molecule has 1 fully saturated rings. The quantitative estimate of drug-likeness (QED) is 0.909. The van der Waals surface area contributed by atoms with Crippen LogP contribution in [0.15, 0.2) is 15.9 Å². The van der Waals surface area contributed by atoms with Crippen LogP contribution in [0.25, 0.3) is 0 Å². The van der Waals surface area contributed by atoms with E-state index in [0.29, 0.717) is 13.0 Å². The third-order valence-corrected chi connectivity index (χ3v) is 5.16. The van der Waals surface area contributed by atoms with E-state index in [0.717, 1.165) is 10.2 Å². The predicted molar refractivity (Wildman–Crippen MR) is 79.1 cm³/mol. The van der Waals surface area contributed by atoms with Crippen LogP contribution in [0.3, 0.4) is 0 Å². The van der Waals surface area contributed by atoms with E-state index < -0.39 is 5.54 Å². The number of hydrogen-bond donors (Lipinski definition) is 1. The maximum Gasteiger partial charge on any atom is 0.248 e. The molecule has 1 aromatic rings. The summed E-state index contributed by atoms with van der Waals surface area (Å²) in [7, 11) is 0. The third-order valence-electron chi connectivity index (χ3n) is 3.47. The minimum Gasteiger partial charge on any atom is -0.340 e. The lowest BCUT2D eigenvalue weighted by Crippen LogP contribution is -2.65. The summed E-state index contributed by atoms with van der Waals surface area (Å²) in [5.74, 6) is -0.0541. The summed E-state index contributed by atoms with van der Waals surface area (Å²) in [6, 6.07) is 4.04. The molecule has 1 aliphatic rings. The molecule has 4 nitrogen and oxygen atoms in total. The first-order valence-corrected chi connectivity index (χ1v) is 7.90. The molecule has 19 heavy (non-hydrogen) atoms. The van der Waals surface area contributed by atoms with Gasteiger partial charge in [0.05, 0.1) is 10.3 Å². The highest BCUT2D eigenvalue weighted by atomic mass is 79.9. The van der Waals surface area contributed by atoms with Crippen molar-refractivity contribution in [2.24, 2.45) is 0 Å². The van der Waals surface area contributed by atoms with Gasteiger partial charge in [-0.2, -0.15) is 0 Å². The maximum atomic E-state index is 12.4. The summed E-state index contributed by atoms with van der Waals surface area (Å²) in [6.07, 6.45) is 1.40. The Kier molecular flexibility index (Phi) is 4.30. The molecule has 1 saturated heterocycles. The average molecular weight is 345 g/mol. The molecule has 2 heterocycles. The van der Waals surface area contributed by atoms with Crippen molar-refractivity contribution in [1.29, 1.82) is 0 Å². The van der Waals surface area contributed by atoms with E-state index in [2.05, 4.69) is 21.2 Å². The number of piperazine rings is 1. The molecule has 2 rings (SSSR count). The molecule has 104 valence electrons. The third kappa shape index (κ3) is 3.17. The Balaban J connectivity index is 2.02. The zero-order chi connectivity index (χ0) is 14.0. The molecule has 2 amide bonds. The summed E-state index contributed by atoms with van der Waals surface area (Å²) in [4.78, 5) is 26.9. The fraction of sp³-hybridized carbons (Fsp3) is 0.538. The fourth-order valence-electron chi connectivity index (χ4n) is 2.15. The Morgan fingerprint density at radius 3 is 2.79 bits per heavy atom. The average Bonchev–Trinajstić information content (AvgIpc) is 2.78. The largest absolute Gasteiger partial charge is 0.340 e. The van der Waals surface area contributed by atoms with E-state index >= 15 is 0 Å². The molecule has 0 spiro atoms. The van der Waals surface area contributed by atoms with Crippen molar-refractivity contribution in [3.05, 3.63) is 20.8 Å². The Labute approximate surface area is 125 Å². The fourth-order valence-corrected chi connectivity index (χ4v) is 3.62. The van der Waals surface area contributed by atoms with Crippen LogP contribution in [0.4, 0.5) is 0 Å². The minimum absolute atomic E-state index is 0.0187. The highest BCUT2D eigenvalue weighted by Gasteiger charge is 2.41. The van der Waals surface area contributed by atoms with Gasteiger partial charge in [-0.15, -0.1) is 11.3 Å². The van der Waals surface area contributed by atoms with Crippen molar-refractivity contribution in [1.82, 2.24) is 10.2 Å². The van der Waals surface area contributed by atoms with Gasteiger partial charge < -0.3 is 10.2 Å². The van der Waals surface area contributed by atoms with Crippen molar-refractivity contribution in [3.8, 4) is 0 Å². The molecule has 0 radical (unpaired) electrons. The highest BCUT2D eigenvalue weighted by molar-refractivity contribution is 9.11. The van der Waals surface area contributed by atoms with E-state index in [1.807, 2.05) is 19.1 Å². The van der Waals surface area contributed by atoms with Gasteiger partial charge >= 0.3 is 0 Å². The van der Waals surface area contributed by atoms with Crippen molar-refractivity contribution in [2.75, 3.05) is 13.1 Å². The summed E-state index contributed by atoms with van der Waals surface area (Å²) < 4.78 is 1.09. The molecule has 0 saturated carbocycles. The molecule has 0 aliphatic carbocycles. The number of carbonyl (C=O) groups is 2. The first-order chi connectivity index (χ1) is 8.94. The van der Waals surface area contributed by atoms with Crippen molar-refractivity contribution in [3.63, 3.8) is 0 Å². The van der Waals surface area contributed by atoms with Gasteiger partial charge in [0.2, 0.25) is 11.8 Å². The van der Waals surface area contributed by atoms with Gasteiger partial charge in [-0.3, -0.25) is 9.59 Å². The minimum atomic E-state index is -0.745. The molecule has 1 atom stereocenters. The molecule has 0 aromatic carbocycles. The van der Waals surface area contributed by atoms with Gasteiger partial charge in [0, 0.05) is 11.4 Å². The second kappa shape index (κ2) is 5.63. The van der Waals surface area contributed by atoms with Crippen LogP contribution in [-0.2, 0) is 16.0 Å². The van der Waals surface area contributed by atoms with E-state index in [1.165, 1.54) is 4.88 Å². The topological polar surface area (TPSA) is 49.4 Å². The van der Waals surface area contributed by atoms with Crippen LogP contribution in [0.1, 0.15) is 25.1 Å². The van der Waals surface area contributed by atoms with Crippen LogP contribution in [0.2, 0.25) is 0 Å². The maximum absolute atomic E-state index is 12.4. The van der Waals surface area contributed by atoms with Crippen LogP contribution in [0, 0.1) is 0 Å². The van der Waals surface area contributed by atoms with Gasteiger partial charge in [0.25, 0.3) is 0 Å². The van der Waals surface area contributed by atoms with Crippen LogP contribution in [0.5, 0.6) is 0 Å². The van der Waals surface area contributed by atoms with Crippen LogP contribution in [-0.4, -0.2) is 35.3 Å². The Morgan fingerprint density at radius 2 is 2.21 bits per heavy atom. The molecular weight excluding hydrogens is 328 g/mol. The number of amides is 2. The van der Waals surface area contributed by atoms with Crippen molar-refractivity contribution < 1.29 is 9.59 Å². The van der Waals surface area contributed by atoms with Crippen LogP contribution >= 0.6 is 27.3 Å². The zero-order valence-corrected chi connectivity index (χ0v) is 13.4. The number of halogens is 1. The number of rotatable bonds is 4. The smallest absolute Gasteiger partial charge is 0.248 e. The van der Waals surface area contributed by atoms with Crippen LogP contribution < -0.4 is 5.32 Å². The normalized spacial score (nSPS) is 23.6. The first kappa shape index (κ1) is 14.5. The SMILES string of the molecule is CCC1(C)NC(=O)CN(CCc2ccc(Br)s2)C1=O. The number of nitrogens with zero attached hydrogens (tertiary/aromatic N) is 1. The molecule has 1 N–H and O–H groups in total. The van der Waals surface area contributed by atoms with E-state index in [9.17, 15) is 9.59 Å². The van der Waals surface area contributed by atoms with Gasteiger partial charge in [-0.05, 0) is 47.8 Å². The van der Waals surface area contributed by atoms with Gasteiger partial charge in [-0.1, -0.05) is 6.92 Å². The summed E-state index contributed by atoms with van der Waals surface area (Å²) >= 11 is 5.08. The Bertz CT molecular complexity index is 503. The second-order valence-corrected chi connectivity index (χ2v) is 7.46. The zero-order valence-electron chi connectivity index (χ0n) is 11.0. The standard InChI is InChI=1S/C13H17BrN2O2S/c1-3-13(2)12(18)16(8-11(17)15-13)7-6-9-4-5-10(14)19-9/h4-5H,3,6-8H2,1-2H3,(H,15,17). The lowest BCUT2D eigenvalue weighted by Gasteiger charge is -2.39. The number of carbonyl (C=O) groups excluding carboxylic acids is 2. The summed E-state index contributed by atoms with van der Waals surface area (Å²) in [5.41, 5.74) is -0.745. The van der Waals surface area contributed by atoms with E-state index in [1.54, 1.807) is 23.2 Å². The molecule has 6 heteroatoms.